The fourth-order valence-corrected chi connectivity index (χ4v) is 7.42. The summed E-state index contributed by atoms with van der Waals surface area (Å²) in [4.78, 5) is 78.5. The summed E-state index contributed by atoms with van der Waals surface area (Å²) in [7, 11) is 2.00. The van der Waals surface area contributed by atoms with Crippen LogP contribution in [0.3, 0.4) is 0 Å². The number of ether oxygens (including phenoxy) is 8. The summed E-state index contributed by atoms with van der Waals surface area (Å²) in [6.07, 6.45) is -12.7. The van der Waals surface area contributed by atoms with Crippen molar-refractivity contribution in [2.75, 3.05) is 34.0 Å². The topological polar surface area (TPSA) is 284 Å². The minimum absolute atomic E-state index is 0.0117. The first-order valence-corrected chi connectivity index (χ1v) is 18.2. The van der Waals surface area contributed by atoms with E-state index in [9.17, 15) is 54.3 Å². The van der Waals surface area contributed by atoms with Gasteiger partial charge < -0.3 is 63.4 Å². The number of nitrogens with zero attached hydrogens (tertiary/aromatic N) is 2. The molecule has 4 saturated heterocycles. The number of methoxy groups -OCH3 is 2. The van der Waals surface area contributed by atoms with Crippen molar-refractivity contribution in [2.24, 2.45) is 0 Å². The van der Waals surface area contributed by atoms with Crippen molar-refractivity contribution in [3.63, 3.8) is 0 Å². The molecule has 0 aromatic heterocycles. The first kappa shape index (κ1) is 44.2. The Morgan fingerprint density at radius 1 is 0.727 bits per heavy atom. The second kappa shape index (κ2) is 18.6. The molecule has 0 bridgehead atoms. The first-order chi connectivity index (χ1) is 26.0. The maximum absolute atomic E-state index is 13.3. The Labute approximate surface area is 316 Å². The number of aliphatic hydroxyl groups excluding tert-OH is 5. The van der Waals surface area contributed by atoms with Crippen LogP contribution in [0.5, 0.6) is 0 Å². The van der Waals surface area contributed by atoms with Crippen LogP contribution in [0, 0.1) is 0 Å². The van der Waals surface area contributed by atoms with Crippen molar-refractivity contribution in [3.8, 4) is 0 Å². The molecule has 12 atom stereocenters. The number of esters is 2. The lowest BCUT2D eigenvalue weighted by atomic mass is 9.87. The van der Waals surface area contributed by atoms with E-state index in [0.29, 0.717) is 16.2 Å². The summed E-state index contributed by atoms with van der Waals surface area (Å²) in [6, 6.07) is -2.83. The molecule has 0 aromatic rings. The van der Waals surface area contributed by atoms with Gasteiger partial charge in [-0.1, -0.05) is 39.0 Å². The molecule has 21 nitrogen and oxygen atoms in total. The van der Waals surface area contributed by atoms with Gasteiger partial charge in [0, 0.05) is 13.8 Å². The zero-order valence-electron chi connectivity index (χ0n) is 31.4. The van der Waals surface area contributed by atoms with E-state index in [1.807, 2.05) is 0 Å². The smallest absolute Gasteiger partial charge is 0.417 e. The van der Waals surface area contributed by atoms with Crippen molar-refractivity contribution in [3.05, 3.63) is 0 Å². The van der Waals surface area contributed by atoms with Gasteiger partial charge in [0.1, 0.15) is 60.9 Å². The van der Waals surface area contributed by atoms with E-state index in [1.54, 1.807) is 0 Å². The lowest BCUT2D eigenvalue weighted by molar-refractivity contribution is -0.324. The maximum atomic E-state index is 13.3. The number of aliphatic hydroxyl groups is 5. The second-order valence-electron chi connectivity index (χ2n) is 13.9. The van der Waals surface area contributed by atoms with Crippen molar-refractivity contribution >= 4 is 35.9 Å². The van der Waals surface area contributed by atoms with Gasteiger partial charge >= 0.3 is 24.1 Å². The van der Waals surface area contributed by atoms with Crippen LogP contribution in [0.25, 0.3) is 0 Å². The highest BCUT2D eigenvalue weighted by molar-refractivity contribution is 5.93. The number of hydrogen-bond acceptors (Lipinski definition) is 19. The second-order valence-corrected chi connectivity index (χ2v) is 13.9. The van der Waals surface area contributed by atoms with Crippen LogP contribution < -0.4 is 0 Å². The molecular formula is C34H52N2O19. The quantitative estimate of drug-likeness (QED) is 0.0606. The molecule has 55 heavy (non-hydrogen) atoms. The van der Waals surface area contributed by atoms with Gasteiger partial charge in [-0.2, -0.15) is 0 Å². The van der Waals surface area contributed by atoms with E-state index in [0.717, 1.165) is 60.2 Å². The lowest BCUT2D eigenvalue weighted by Crippen LogP contribution is -2.67. The lowest BCUT2D eigenvalue weighted by Gasteiger charge is -2.47. The van der Waals surface area contributed by atoms with Crippen LogP contribution in [0.1, 0.15) is 72.1 Å². The number of hydrogen-bond donors (Lipinski definition) is 5. The molecule has 21 heteroatoms. The van der Waals surface area contributed by atoms with Crippen LogP contribution >= 0.6 is 0 Å². The predicted molar refractivity (Wildman–Crippen MR) is 178 cm³/mol. The number of carbonyl (C=O) groups is 6. The molecule has 4 aliphatic heterocycles. The van der Waals surface area contributed by atoms with Gasteiger partial charge in [-0.15, -0.1) is 0 Å². The fraction of sp³-hybridized carbons (Fsp3) is 0.824. The van der Waals surface area contributed by atoms with Gasteiger partial charge in [-0.25, -0.2) is 29.0 Å². The van der Waals surface area contributed by atoms with Gasteiger partial charge in [-0.3, -0.25) is 9.59 Å². The Balaban J connectivity index is 1.63. The minimum Gasteiger partial charge on any atom is -0.465 e. The molecule has 2 unspecified atom stereocenters. The number of imide groups is 2. The molecule has 4 heterocycles. The molecule has 4 fully saturated rings. The first-order valence-electron chi connectivity index (χ1n) is 18.2. The summed E-state index contributed by atoms with van der Waals surface area (Å²) in [5.41, 5.74) is 0. The summed E-state index contributed by atoms with van der Waals surface area (Å²) < 4.78 is 44.3. The Morgan fingerprint density at radius 2 is 1.16 bits per heavy atom. The number of rotatable bonds is 18. The molecule has 0 aromatic carbocycles. The van der Waals surface area contributed by atoms with Gasteiger partial charge in [0.15, 0.2) is 0 Å². The summed E-state index contributed by atoms with van der Waals surface area (Å²) in [5, 5.41) is 53.8. The number of amides is 4. The highest BCUT2D eigenvalue weighted by Gasteiger charge is 2.65. The van der Waals surface area contributed by atoms with Gasteiger partial charge in [0.25, 0.3) is 11.6 Å². The van der Waals surface area contributed by atoms with E-state index in [1.165, 1.54) is 0 Å². The highest BCUT2D eigenvalue weighted by atomic mass is 16.8. The van der Waals surface area contributed by atoms with Crippen molar-refractivity contribution in [2.45, 2.75) is 145 Å². The third-order valence-corrected chi connectivity index (χ3v) is 10.2. The third-order valence-electron chi connectivity index (χ3n) is 10.2. The molecule has 0 radical (unpaired) electrons. The molecule has 0 spiro atoms. The Hall–Kier alpha value is -3.54. The summed E-state index contributed by atoms with van der Waals surface area (Å²) >= 11 is 0. The number of unbranched alkanes of at least 4 members (excludes halogenated alkanes) is 5. The molecule has 4 rings (SSSR count). The van der Waals surface area contributed by atoms with Crippen LogP contribution in [0.15, 0.2) is 0 Å². The molecular weight excluding hydrogens is 740 g/mol. The number of carbonyl (C=O) groups excluding carboxylic acids is 6. The summed E-state index contributed by atoms with van der Waals surface area (Å²) in [5.74, 6) is -8.89. The van der Waals surface area contributed by atoms with Gasteiger partial charge in [-0.05, 0) is 6.42 Å². The molecule has 4 amide bonds. The number of fused-ring (bicyclic) bond motifs is 2. The van der Waals surface area contributed by atoms with E-state index in [-0.39, 0.29) is 6.61 Å². The Bertz CT molecular complexity index is 1420. The molecule has 4 aliphatic rings. The third kappa shape index (κ3) is 9.04. The van der Waals surface area contributed by atoms with Crippen molar-refractivity contribution in [1.29, 1.82) is 0 Å². The summed E-state index contributed by atoms with van der Waals surface area (Å²) in [6.45, 7) is 2.11. The molecule has 5 N–H and O–H groups in total. The van der Waals surface area contributed by atoms with E-state index >= 15 is 0 Å². The average Bonchev–Trinajstić information content (AvgIpc) is 3.68. The van der Waals surface area contributed by atoms with E-state index in [2.05, 4.69) is 6.92 Å². The van der Waals surface area contributed by atoms with E-state index < -0.39 is 134 Å². The SMILES string of the molecule is CCCCCCCCO[C@]1(C(=O)OC)CC2OC(=O)N(C(C)=O)[C@H]2[C@H]([C@H](O)[C@H](O)CO[C@]2(C(=O)OC)CC3OC(=O)N(C(C)=O)[C@H]3[C@H]([C@H](O)[C@H](O)CO)O2)O1. The molecule has 0 saturated carbocycles. The van der Waals surface area contributed by atoms with Gasteiger partial charge in [0.05, 0.1) is 46.9 Å². The standard InChI is InChI=1S/C34H52N2O19/c1-6-7-8-9-10-11-12-50-33(29(44)48-4)13-21-24(36(18(3)39)32(47)52-21)28(54-33)26(43)20(41)16-51-34(30(45)49-5)14-22-23(35(17(2)38)31(46)53-22)27(55-34)25(42)19(40)15-37/h19-28,37,40-43H,6-16H2,1-5H3/t19-,20-,21?,22?,23-,24-,25-,26-,27-,28-,33-,34-/m1/s1. The average molecular weight is 793 g/mol. The van der Waals surface area contributed by atoms with Crippen molar-refractivity contribution < 1.29 is 92.2 Å². The Morgan fingerprint density at radius 3 is 1.60 bits per heavy atom. The van der Waals surface area contributed by atoms with Crippen LogP contribution in [-0.4, -0.2) is 178 Å². The molecule has 312 valence electrons. The zero-order chi connectivity index (χ0) is 40.8. The fourth-order valence-electron chi connectivity index (χ4n) is 7.42. The van der Waals surface area contributed by atoms with Crippen molar-refractivity contribution in [1.82, 2.24) is 9.80 Å². The highest BCUT2D eigenvalue weighted by Crippen LogP contribution is 2.43. The van der Waals surface area contributed by atoms with Crippen LogP contribution in [-0.2, 0) is 57.1 Å². The largest absolute Gasteiger partial charge is 0.465 e. The Kier molecular flexibility index (Phi) is 14.9. The maximum Gasteiger partial charge on any atom is 0.417 e. The van der Waals surface area contributed by atoms with Crippen LogP contribution in [0.2, 0.25) is 0 Å². The zero-order valence-corrected chi connectivity index (χ0v) is 31.4. The predicted octanol–water partition coefficient (Wildman–Crippen LogP) is -1.40. The van der Waals surface area contributed by atoms with E-state index in [4.69, 9.17) is 37.9 Å². The normalized spacial score (nSPS) is 32.4. The molecule has 0 aliphatic carbocycles. The van der Waals surface area contributed by atoms with Gasteiger partial charge in [0.2, 0.25) is 11.8 Å². The monoisotopic (exact) mass is 792 g/mol. The minimum atomic E-state index is -2.64. The van der Waals surface area contributed by atoms with Crippen LogP contribution in [0.4, 0.5) is 9.59 Å².